The fraction of sp³-hybridized carbons (Fsp3) is 0.188. The van der Waals surface area contributed by atoms with Gasteiger partial charge in [0.25, 0.3) is 5.91 Å². The molecule has 0 atom stereocenters. The van der Waals surface area contributed by atoms with Crippen molar-refractivity contribution in [1.29, 1.82) is 0 Å². The second-order valence-corrected chi connectivity index (χ2v) is 5.21. The van der Waals surface area contributed by atoms with E-state index in [0.29, 0.717) is 28.1 Å². The predicted octanol–water partition coefficient (Wildman–Crippen LogP) is 4.41. The van der Waals surface area contributed by atoms with E-state index in [9.17, 15) is 4.79 Å². The molecule has 0 aliphatic rings. The second kappa shape index (κ2) is 7.92. The summed E-state index contributed by atoms with van der Waals surface area (Å²) in [7, 11) is 0. The largest absolute Gasteiger partial charge is 0.494 e. The molecular weight excluding hydrogens is 325 g/mol. The van der Waals surface area contributed by atoms with E-state index in [0.717, 1.165) is 5.75 Å². The van der Waals surface area contributed by atoms with Crippen LogP contribution in [0, 0.1) is 0 Å². The van der Waals surface area contributed by atoms with Gasteiger partial charge in [-0.1, -0.05) is 23.2 Å². The van der Waals surface area contributed by atoms with Gasteiger partial charge in [-0.05, 0) is 49.4 Å². The molecule has 0 fully saturated rings. The summed E-state index contributed by atoms with van der Waals surface area (Å²) in [5, 5.41) is 3.56. The van der Waals surface area contributed by atoms with Gasteiger partial charge in [-0.15, -0.1) is 0 Å². The van der Waals surface area contributed by atoms with Gasteiger partial charge < -0.3 is 14.8 Å². The Morgan fingerprint density at radius 1 is 1.05 bits per heavy atom. The molecule has 0 aliphatic heterocycles. The molecule has 0 aromatic heterocycles. The molecule has 2 aromatic rings. The van der Waals surface area contributed by atoms with Crippen LogP contribution in [-0.2, 0) is 4.79 Å². The molecule has 0 aliphatic carbocycles. The number of halogens is 2. The molecule has 2 rings (SSSR count). The molecule has 0 bridgehead atoms. The highest BCUT2D eigenvalue weighted by atomic mass is 35.5. The Kier molecular flexibility index (Phi) is 5.92. The van der Waals surface area contributed by atoms with Crippen molar-refractivity contribution < 1.29 is 14.3 Å². The summed E-state index contributed by atoms with van der Waals surface area (Å²) < 4.78 is 10.7. The minimum atomic E-state index is -0.321. The van der Waals surface area contributed by atoms with Crippen molar-refractivity contribution >= 4 is 34.8 Å². The van der Waals surface area contributed by atoms with E-state index < -0.39 is 0 Å². The van der Waals surface area contributed by atoms with Crippen molar-refractivity contribution in [1.82, 2.24) is 0 Å². The number of nitrogens with one attached hydrogen (secondary N) is 1. The highest BCUT2D eigenvalue weighted by Crippen LogP contribution is 2.25. The lowest BCUT2D eigenvalue weighted by Gasteiger charge is -2.09. The third-order valence-electron chi connectivity index (χ3n) is 2.71. The summed E-state index contributed by atoms with van der Waals surface area (Å²) in [6, 6.07) is 11.9. The molecule has 0 unspecified atom stereocenters. The molecule has 2 aromatic carbocycles. The van der Waals surface area contributed by atoms with Crippen LogP contribution in [-0.4, -0.2) is 19.1 Å². The highest BCUT2D eigenvalue weighted by molar-refractivity contribution is 6.35. The summed E-state index contributed by atoms with van der Waals surface area (Å²) in [6.07, 6.45) is 0. The van der Waals surface area contributed by atoms with Crippen LogP contribution in [0.25, 0.3) is 0 Å². The number of ether oxygens (including phenoxy) is 2. The van der Waals surface area contributed by atoms with E-state index in [1.165, 1.54) is 0 Å². The van der Waals surface area contributed by atoms with Gasteiger partial charge in [0.2, 0.25) is 0 Å². The van der Waals surface area contributed by atoms with Gasteiger partial charge in [-0.2, -0.15) is 0 Å². The minimum absolute atomic E-state index is 0.128. The van der Waals surface area contributed by atoms with Crippen molar-refractivity contribution in [2.75, 3.05) is 18.5 Å². The monoisotopic (exact) mass is 339 g/mol. The molecule has 6 heteroatoms. The van der Waals surface area contributed by atoms with Crippen LogP contribution >= 0.6 is 23.2 Å². The molecule has 116 valence electrons. The van der Waals surface area contributed by atoms with Crippen molar-refractivity contribution in [3.63, 3.8) is 0 Å². The predicted molar refractivity (Wildman–Crippen MR) is 88.2 cm³/mol. The molecule has 1 amide bonds. The van der Waals surface area contributed by atoms with Crippen molar-refractivity contribution in [2.45, 2.75) is 6.92 Å². The zero-order chi connectivity index (χ0) is 15.9. The molecule has 0 saturated heterocycles. The van der Waals surface area contributed by atoms with Crippen LogP contribution in [0.15, 0.2) is 42.5 Å². The lowest BCUT2D eigenvalue weighted by atomic mass is 10.3. The van der Waals surface area contributed by atoms with Crippen LogP contribution < -0.4 is 14.8 Å². The standard InChI is InChI=1S/C16H15Cl2NO3/c1-2-21-12-4-6-13(7-5-12)22-10-16(20)19-15-9-11(17)3-8-14(15)18/h3-9H,2,10H2,1H3,(H,19,20). The van der Waals surface area contributed by atoms with Crippen LogP contribution in [0.3, 0.4) is 0 Å². The smallest absolute Gasteiger partial charge is 0.262 e. The summed E-state index contributed by atoms with van der Waals surface area (Å²) >= 11 is 11.8. The lowest BCUT2D eigenvalue weighted by Crippen LogP contribution is -2.20. The minimum Gasteiger partial charge on any atom is -0.494 e. The van der Waals surface area contributed by atoms with E-state index >= 15 is 0 Å². The average Bonchev–Trinajstić information content (AvgIpc) is 2.51. The van der Waals surface area contributed by atoms with Gasteiger partial charge in [0.15, 0.2) is 6.61 Å². The summed E-state index contributed by atoms with van der Waals surface area (Å²) in [5.41, 5.74) is 0.453. The molecular formula is C16H15Cl2NO3. The summed E-state index contributed by atoms with van der Waals surface area (Å²) in [5.74, 6) is 1.01. The van der Waals surface area contributed by atoms with Gasteiger partial charge in [0.05, 0.1) is 17.3 Å². The zero-order valence-electron chi connectivity index (χ0n) is 11.9. The van der Waals surface area contributed by atoms with Crippen LogP contribution in [0.2, 0.25) is 10.0 Å². The van der Waals surface area contributed by atoms with Crippen molar-refractivity contribution in [3.05, 3.63) is 52.5 Å². The average molecular weight is 340 g/mol. The Morgan fingerprint density at radius 2 is 1.68 bits per heavy atom. The molecule has 0 saturated carbocycles. The Hall–Kier alpha value is -1.91. The molecule has 0 heterocycles. The number of hydrogen-bond donors (Lipinski definition) is 1. The molecule has 1 N–H and O–H groups in total. The summed E-state index contributed by atoms with van der Waals surface area (Å²) in [4.78, 5) is 11.9. The molecule has 4 nitrogen and oxygen atoms in total. The maximum Gasteiger partial charge on any atom is 0.262 e. The Labute approximate surface area is 138 Å². The Bertz CT molecular complexity index is 644. The SMILES string of the molecule is CCOc1ccc(OCC(=O)Nc2cc(Cl)ccc2Cl)cc1. The second-order valence-electron chi connectivity index (χ2n) is 4.37. The van der Waals surface area contributed by atoms with Crippen molar-refractivity contribution in [3.8, 4) is 11.5 Å². The van der Waals surface area contributed by atoms with Crippen LogP contribution in [0.5, 0.6) is 11.5 Å². The van der Waals surface area contributed by atoms with Crippen LogP contribution in [0.4, 0.5) is 5.69 Å². The Balaban J connectivity index is 1.88. The highest BCUT2D eigenvalue weighted by Gasteiger charge is 2.07. The quantitative estimate of drug-likeness (QED) is 0.847. The zero-order valence-corrected chi connectivity index (χ0v) is 13.4. The maximum absolute atomic E-state index is 11.9. The number of benzene rings is 2. The number of hydrogen-bond acceptors (Lipinski definition) is 3. The van der Waals surface area contributed by atoms with E-state index in [1.807, 2.05) is 6.92 Å². The van der Waals surface area contributed by atoms with Gasteiger partial charge in [-0.3, -0.25) is 4.79 Å². The number of rotatable bonds is 6. The first kappa shape index (κ1) is 16.5. The number of amides is 1. The first-order valence-electron chi connectivity index (χ1n) is 6.69. The molecule has 0 radical (unpaired) electrons. The van der Waals surface area contributed by atoms with Gasteiger partial charge in [0.1, 0.15) is 11.5 Å². The first-order chi connectivity index (χ1) is 10.6. The number of carbonyl (C=O) groups excluding carboxylic acids is 1. The third-order valence-corrected chi connectivity index (χ3v) is 3.27. The van der Waals surface area contributed by atoms with E-state index in [2.05, 4.69) is 5.32 Å². The lowest BCUT2D eigenvalue weighted by molar-refractivity contribution is -0.118. The molecule has 0 spiro atoms. The Morgan fingerprint density at radius 3 is 2.32 bits per heavy atom. The van der Waals surface area contributed by atoms with Gasteiger partial charge in [-0.25, -0.2) is 0 Å². The van der Waals surface area contributed by atoms with Gasteiger partial charge >= 0.3 is 0 Å². The normalized spacial score (nSPS) is 10.1. The number of anilines is 1. The van der Waals surface area contributed by atoms with Gasteiger partial charge in [0, 0.05) is 5.02 Å². The topological polar surface area (TPSA) is 47.6 Å². The third kappa shape index (κ3) is 4.83. The fourth-order valence-corrected chi connectivity index (χ4v) is 2.06. The fourth-order valence-electron chi connectivity index (χ4n) is 1.73. The first-order valence-corrected chi connectivity index (χ1v) is 7.44. The van der Waals surface area contributed by atoms with E-state index in [-0.39, 0.29) is 12.5 Å². The maximum atomic E-state index is 11.9. The number of carbonyl (C=O) groups is 1. The van der Waals surface area contributed by atoms with Crippen molar-refractivity contribution in [2.24, 2.45) is 0 Å². The molecule has 22 heavy (non-hydrogen) atoms. The van der Waals surface area contributed by atoms with E-state index in [4.69, 9.17) is 32.7 Å². The van der Waals surface area contributed by atoms with E-state index in [1.54, 1.807) is 42.5 Å². The van der Waals surface area contributed by atoms with Crippen LogP contribution in [0.1, 0.15) is 6.92 Å². The summed E-state index contributed by atoms with van der Waals surface area (Å²) in [6.45, 7) is 2.38.